The summed E-state index contributed by atoms with van der Waals surface area (Å²) in [4.78, 5) is 0.374. The zero-order chi connectivity index (χ0) is 10.1. The largest absolute Gasteiger partial charge is 0.227 e. The Hall–Kier alpha value is -0.870. The fraction of sp³-hybridized carbons (Fsp3) is 0. The molecule has 0 saturated heterocycles. The Morgan fingerprint density at radius 2 is 1.57 bits per heavy atom. The maximum Gasteiger partial charge on any atom is 0.168 e. The van der Waals surface area contributed by atoms with Crippen LogP contribution in [0.2, 0.25) is 0 Å². The van der Waals surface area contributed by atoms with Gasteiger partial charge in [-0.15, -0.1) is 0 Å². The molecule has 0 atom stereocenters. The summed E-state index contributed by atoms with van der Waals surface area (Å²) < 4.78 is 22.8. The van der Waals surface area contributed by atoms with E-state index in [-0.39, 0.29) is 0 Å². The minimum absolute atomic E-state index is 0.374. The van der Waals surface area contributed by atoms with E-state index in [0.29, 0.717) is 4.90 Å². The molecule has 0 radical (unpaired) electrons. The molecule has 72 valence electrons. The Labute approximate surface area is 91.6 Å². The van der Waals surface area contributed by atoms with Gasteiger partial charge in [-0.1, -0.05) is 40.2 Å². The number of fused-ring (bicyclic) bond motifs is 1. The van der Waals surface area contributed by atoms with Gasteiger partial charge in [0.05, 0.1) is 4.90 Å². The predicted octanol–water partition coefficient (Wildman–Crippen LogP) is 2.57. The summed E-state index contributed by atoms with van der Waals surface area (Å²) in [6.45, 7) is 0. The minimum atomic E-state index is -2.53. The first kappa shape index (κ1) is 9.68. The summed E-state index contributed by atoms with van der Waals surface area (Å²) >= 11 is 3.38. The molecule has 0 aliphatic rings. The summed E-state index contributed by atoms with van der Waals surface area (Å²) in [5.41, 5.74) is 0. The lowest BCUT2D eigenvalue weighted by Crippen LogP contribution is -1.84. The van der Waals surface area contributed by atoms with E-state index in [9.17, 15) is 8.42 Å². The smallest absolute Gasteiger partial charge is 0.168 e. The second-order valence-electron chi connectivity index (χ2n) is 2.87. The summed E-state index contributed by atoms with van der Waals surface area (Å²) in [5, 5.41) is 1.68. The third-order valence-electron chi connectivity index (χ3n) is 2.04. The molecular weight excluding hydrogens is 264 g/mol. The van der Waals surface area contributed by atoms with Gasteiger partial charge < -0.3 is 0 Å². The Balaban J connectivity index is 2.95. The van der Waals surface area contributed by atoms with Gasteiger partial charge in [-0.3, -0.25) is 0 Å². The highest BCUT2D eigenvalue weighted by Gasteiger charge is 2.04. The highest BCUT2D eigenvalue weighted by atomic mass is 79.9. The molecular formula is C10H7BrO2S. The SMILES string of the molecule is O=[SH](=O)c1ccc(Br)c2ccccc12. The van der Waals surface area contributed by atoms with Gasteiger partial charge in [-0.2, -0.15) is 0 Å². The van der Waals surface area contributed by atoms with Crippen LogP contribution in [-0.2, 0) is 10.7 Å². The van der Waals surface area contributed by atoms with Crippen LogP contribution in [0.25, 0.3) is 10.8 Å². The van der Waals surface area contributed by atoms with Gasteiger partial charge in [-0.05, 0) is 17.5 Å². The fourth-order valence-electron chi connectivity index (χ4n) is 1.41. The summed E-state index contributed by atoms with van der Waals surface area (Å²) in [7, 11) is -2.53. The maximum atomic E-state index is 10.9. The lowest BCUT2D eigenvalue weighted by Gasteiger charge is -2.02. The van der Waals surface area contributed by atoms with Crippen LogP contribution in [0.5, 0.6) is 0 Å². The molecule has 0 fully saturated rings. The Kier molecular flexibility index (Phi) is 2.56. The number of hydrogen-bond acceptors (Lipinski definition) is 2. The fourth-order valence-corrected chi connectivity index (χ4v) is 2.47. The first-order valence-electron chi connectivity index (χ1n) is 4.02. The van der Waals surface area contributed by atoms with Crippen molar-refractivity contribution in [2.75, 3.05) is 0 Å². The first-order valence-corrected chi connectivity index (χ1v) is 5.99. The Bertz CT molecular complexity index is 553. The van der Waals surface area contributed by atoms with Crippen LogP contribution in [0, 0.1) is 0 Å². The first-order chi connectivity index (χ1) is 6.70. The number of thiol groups is 1. The van der Waals surface area contributed by atoms with Crippen molar-refractivity contribution in [2.45, 2.75) is 4.90 Å². The van der Waals surface area contributed by atoms with Gasteiger partial charge in [0, 0.05) is 9.86 Å². The van der Waals surface area contributed by atoms with E-state index in [1.165, 1.54) is 0 Å². The molecule has 4 heteroatoms. The molecule has 2 rings (SSSR count). The van der Waals surface area contributed by atoms with Crippen molar-refractivity contribution in [2.24, 2.45) is 0 Å². The molecule has 2 aromatic carbocycles. The molecule has 0 N–H and O–H groups in total. The highest BCUT2D eigenvalue weighted by molar-refractivity contribution is 9.10. The topological polar surface area (TPSA) is 34.1 Å². The summed E-state index contributed by atoms with van der Waals surface area (Å²) in [6, 6.07) is 10.8. The molecule has 0 aliphatic carbocycles. The maximum absolute atomic E-state index is 10.9. The minimum Gasteiger partial charge on any atom is -0.227 e. The van der Waals surface area contributed by atoms with Gasteiger partial charge in [-0.25, -0.2) is 8.42 Å². The molecule has 0 aliphatic heterocycles. The van der Waals surface area contributed by atoms with E-state index >= 15 is 0 Å². The van der Waals surface area contributed by atoms with E-state index in [1.54, 1.807) is 18.2 Å². The summed E-state index contributed by atoms with van der Waals surface area (Å²) in [6.07, 6.45) is 0. The molecule has 0 aromatic heterocycles. The van der Waals surface area contributed by atoms with Crippen LogP contribution < -0.4 is 0 Å². The monoisotopic (exact) mass is 270 g/mol. The van der Waals surface area contributed by atoms with E-state index in [0.717, 1.165) is 15.2 Å². The molecule has 0 bridgehead atoms. The normalized spacial score (nSPS) is 11.0. The molecule has 14 heavy (non-hydrogen) atoms. The van der Waals surface area contributed by atoms with Crippen molar-refractivity contribution >= 4 is 37.4 Å². The van der Waals surface area contributed by atoms with Crippen LogP contribution in [0.3, 0.4) is 0 Å². The zero-order valence-electron chi connectivity index (χ0n) is 7.11. The van der Waals surface area contributed by atoms with Crippen LogP contribution in [0.4, 0.5) is 0 Å². The van der Waals surface area contributed by atoms with Crippen molar-refractivity contribution in [3.05, 3.63) is 40.9 Å². The van der Waals surface area contributed by atoms with Gasteiger partial charge in [0.25, 0.3) is 0 Å². The second kappa shape index (κ2) is 3.71. The van der Waals surface area contributed by atoms with Gasteiger partial charge in [0.1, 0.15) is 0 Å². The molecule has 0 heterocycles. The van der Waals surface area contributed by atoms with Gasteiger partial charge >= 0.3 is 0 Å². The molecule has 2 nitrogen and oxygen atoms in total. The van der Waals surface area contributed by atoms with Crippen LogP contribution in [-0.4, -0.2) is 8.42 Å². The molecule has 0 unspecified atom stereocenters. The molecule has 0 saturated carbocycles. The molecule has 0 amide bonds. The summed E-state index contributed by atoms with van der Waals surface area (Å²) in [5.74, 6) is 0. The van der Waals surface area contributed by atoms with Crippen LogP contribution in [0.1, 0.15) is 0 Å². The van der Waals surface area contributed by atoms with Crippen molar-refractivity contribution in [1.82, 2.24) is 0 Å². The van der Waals surface area contributed by atoms with Gasteiger partial charge in [0.15, 0.2) is 10.7 Å². The van der Waals surface area contributed by atoms with E-state index < -0.39 is 10.7 Å². The number of benzene rings is 2. The second-order valence-corrected chi connectivity index (χ2v) is 4.72. The van der Waals surface area contributed by atoms with Crippen molar-refractivity contribution in [3.63, 3.8) is 0 Å². The van der Waals surface area contributed by atoms with E-state index in [4.69, 9.17) is 0 Å². The average molecular weight is 271 g/mol. The van der Waals surface area contributed by atoms with E-state index in [2.05, 4.69) is 15.9 Å². The quantitative estimate of drug-likeness (QED) is 0.809. The third-order valence-corrected chi connectivity index (χ3v) is 3.52. The van der Waals surface area contributed by atoms with Crippen molar-refractivity contribution < 1.29 is 8.42 Å². The number of hydrogen-bond donors (Lipinski definition) is 1. The zero-order valence-corrected chi connectivity index (χ0v) is 9.59. The van der Waals surface area contributed by atoms with Crippen molar-refractivity contribution in [3.8, 4) is 0 Å². The van der Waals surface area contributed by atoms with Crippen LogP contribution >= 0.6 is 15.9 Å². The number of rotatable bonds is 1. The van der Waals surface area contributed by atoms with Crippen molar-refractivity contribution in [1.29, 1.82) is 0 Å². The predicted molar refractivity (Wildman–Crippen MR) is 60.2 cm³/mol. The molecule has 0 spiro atoms. The van der Waals surface area contributed by atoms with Gasteiger partial charge in [0.2, 0.25) is 0 Å². The number of halogens is 1. The lowest BCUT2D eigenvalue weighted by molar-refractivity contribution is 0.615. The third kappa shape index (κ3) is 1.55. The van der Waals surface area contributed by atoms with E-state index in [1.807, 2.05) is 18.2 Å². The molecule has 2 aromatic rings. The lowest BCUT2D eigenvalue weighted by atomic mass is 10.1. The standard InChI is InChI=1S/C10H7BrO2S/c11-9-5-6-10(14(12)13)8-4-2-1-3-7(8)9/h1-6,14H. The Morgan fingerprint density at radius 1 is 0.929 bits per heavy atom. The Morgan fingerprint density at radius 3 is 2.21 bits per heavy atom. The highest BCUT2D eigenvalue weighted by Crippen LogP contribution is 2.27. The van der Waals surface area contributed by atoms with Crippen LogP contribution in [0.15, 0.2) is 45.8 Å². The average Bonchev–Trinajstić information content (AvgIpc) is 2.18.